The zero-order valence-electron chi connectivity index (χ0n) is 10.9. The summed E-state index contributed by atoms with van der Waals surface area (Å²) >= 11 is 1.53. The van der Waals surface area contributed by atoms with E-state index in [2.05, 4.69) is 25.3 Å². The first-order valence-corrected chi connectivity index (χ1v) is 7.34. The van der Waals surface area contributed by atoms with Crippen molar-refractivity contribution in [1.82, 2.24) is 19.9 Å². The molecule has 0 aliphatic carbocycles. The van der Waals surface area contributed by atoms with Gasteiger partial charge in [-0.25, -0.2) is 9.97 Å². The highest BCUT2D eigenvalue weighted by Gasteiger charge is 2.06. The first kappa shape index (κ1) is 12.0. The average molecular weight is 293 g/mol. The Labute approximate surface area is 124 Å². The van der Waals surface area contributed by atoms with Gasteiger partial charge in [0.05, 0.1) is 5.69 Å². The number of aromatic nitrogens is 4. The maximum absolute atomic E-state index is 4.54. The molecule has 2 N–H and O–H groups in total. The molecule has 102 valence electrons. The highest BCUT2D eigenvalue weighted by molar-refractivity contribution is 7.14. The molecule has 6 heteroatoms. The smallest absolute Gasteiger partial charge is 0.188 e. The monoisotopic (exact) mass is 293 g/mol. The van der Waals surface area contributed by atoms with Gasteiger partial charge in [-0.3, -0.25) is 4.98 Å². The Bertz CT molecular complexity index is 881. The molecule has 0 unspecified atom stereocenters. The lowest BCUT2D eigenvalue weighted by molar-refractivity contribution is 1.26. The van der Waals surface area contributed by atoms with Crippen molar-refractivity contribution in [3.63, 3.8) is 0 Å². The number of anilines is 2. The van der Waals surface area contributed by atoms with Crippen molar-refractivity contribution >= 4 is 33.3 Å². The third kappa shape index (κ3) is 2.36. The maximum atomic E-state index is 4.54. The minimum Gasteiger partial charge on any atom is -0.346 e. The molecule has 0 aromatic carbocycles. The van der Waals surface area contributed by atoms with Crippen molar-refractivity contribution in [2.75, 3.05) is 5.32 Å². The first-order chi connectivity index (χ1) is 10.4. The van der Waals surface area contributed by atoms with E-state index in [1.807, 2.05) is 48.0 Å². The van der Waals surface area contributed by atoms with Crippen molar-refractivity contribution in [2.24, 2.45) is 0 Å². The molecule has 0 amide bonds. The minimum absolute atomic E-state index is 0.770. The molecule has 21 heavy (non-hydrogen) atoms. The normalized spacial score (nSPS) is 10.9. The van der Waals surface area contributed by atoms with Gasteiger partial charge < -0.3 is 10.3 Å². The van der Waals surface area contributed by atoms with Crippen molar-refractivity contribution < 1.29 is 0 Å². The average Bonchev–Trinajstić information content (AvgIpc) is 3.17. The molecule has 0 radical (unpaired) electrons. The predicted molar refractivity (Wildman–Crippen MR) is 84.7 cm³/mol. The predicted octanol–water partition coefficient (Wildman–Crippen LogP) is 3.83. The molecule has 0 atom stereocenters. The van der Waals surface area contributed by atoms with Crippen molar-refractivity contribution in [3.8, 4) is 11.4 Å². The number of hydrogen-bond donors (Lipinski definition) is 2. The summed E-state index contributed by atoms with van der Waals surface area (Å²) in [5.74, 6) is 0.770. The van der Waals surface area contributed by atoms with Crippen LogP contribution in [0.1, 0.15) is 0 Å². The summed E-state index contributed by atoms with van der Waals surface area (Å²) in [5, 5.41) is 7.10. The van der Waals surface area contributed by atoms with Crippen LogP contribution in [0.25, 0.3) is 22.4 Å². The summed E-state index contributed by atoms with van der Waals surface area (Å²) < 4.78 is 0. The Kier molecular flexibility index (Phi) is 2.86. The van der Waals surface area contributed by atoms with Gasteiger partial charge in [0.25, 0.3) is 0 Å². The van der Waals surface area contributed by atoms with Gasteiger partial charge in [-0.1, -0.05) is 6.07 Å². The number of thiazole rings is 1. The lowest BCUT2D eigenvalue weighted by atomic mass is 10.3. The van der Waals surface area contributed by atoms with E-state index in [-0.39, 0.29) is 0 Å². The lowest BCUT2D eigenvalue weighted by Gasteiger charge is -2.01. The Morgan fingerprint density at radius 3 is 2.90 bits per heavy atom. The van der Waals surface area contributed by atoms with E-state index in [4.69, 9.17) is 0 Å². The summed E-state index contributed by atoms with van der Waals surface area (Å²) in [7, 11) is 0. The summed E-state index contributed by atoms with van der Waals surface area (Å²) in [6.45, 7) is 0. The van der Waals surface area contributed by atoms with Crippen LogP contribution in [0.3, 0.4) is 0 Å². The summed E-state index contributed by atoms with van der Waals surface area (Å²) in [6, 6.07) is 11.8. The fourth-order valence-corrected chi connectivity index (χ4v) is 2.78. The van der Waals surface area contributed by atoms with Gasteiger partial charge in [0.2, 0.25) is 0 Å². The molecule has 0 aliphatic rings. The molecule has 4 rings (SSSR count). The van der Waals surface area contributed by atoms with E-state index in [1.54, 1.807) is 6.20 Å². The number of nitrogens with one attached hydrogen (secondary N) is 2. The SMILES string of the molecule is c1ccc(-c2csc(Nc3ccc4cc[nH]c4n3)n2)nc1. The number of H-pyrrole nitrogens is 1. The summed E-state index contributed by atoms with van der Waals surface area (Å²) in [4.78, 5) is 16.4. The number of rotatable bonds is 3. The van der Waals surface area contributed by atoms with E-state index in [0.29, 0.717) is 0 Å². The van der Waals surface area contributed by atoms with Crippen LogP contribution < -0.4 is 5.32 Å². The highest BCUT2D eigenvalue weighted by atomic mass is 32.1. The van der Waals surface area contributed by atoms with E-state index in [9.17, 15) is 0 Å². The zero-order chi connectivity index (χ0) is 14.1. The third-order valence-electron chi connectivity index (χ3n) is 3.08. The number of pyridine rings is 2. The third-order valence-corrected chi connectivity index (χ3v) is 3.83. The van der Waals surface area contributed by atoms with Gasteiger partial charge >= 0.3 is 0 Å². The van der Waals surface area contributed by atoms with Crippen LogP contribution in [0.15, 0.2) is 54.2 Å². The van der Waals surface area contributed by atoms with Crippen LogP contribution >= 0.6 is 11.3 Å². The van der Waals surface area contributed by atoms with Crippen molar-refractivity contribution in [3.05, 3.63) is 54.2 Å². The fraction of sp³-hybridized carbons (Fsp3) is 0. The minimum atomic E-state index is 0.770. The van der Waals surface area contributed by atoms with Crippen LogP contribution in [-0.4, -0.2) is 19.9 Å². The second-order valence-electron chi connectivity index (χ2n) is 4.49. The van der Waals surface area contributed by atoms with Gasteiger partial charge in [-0.2, -0.15) is 0 Å². The number of fused-ring (bicyclic) bond motifs is 1. The molecule has 0 spiro atoms. The molecule has 0 aliphatic heterocycles. The van der Waals surface area contributed by atoms with E-state index in [0.717, 1.165) is 33.4 Å². The molecular formula is C15H11N5S. The zero-order valence-corrected chi connectivity index (χ0v) is 11.8. The van der Waals surface area contributed by atoms with Crippen LogP contribution in [-0.2, 0) is 0 Å². The Hall–Kier alpha value is -2.73. The van der Waals surface area contributed by atoms with Gasteiger partial charge in [-0.05, 0) is 30.3 Å². The second-order valence-corrected chi connectivity index (χ2v) is 5.35. The largest absolute Gasteiger partial charge is 0.346 e. The maximum Gasteiger partial charge on any atom is 0.188 e. The van der Waals surface area contributed by atoms with Crippen LogP contribution in [0, 0.1) is 0 Å². The number of nitrogens with zero attached hydrogens (tertiary/aromatic N) is 3. The van der Waals surface area contributed by atoms with Crippen molar-refractivity contribution in [1.29, 1.82) is 0 Å². The molecular weight excluding hydrogens is 282 g/mol. The van der Waals surface area contributed by atoms with E-state index >= 15 is 0 Å². The van der Waals surface area contributed by atoms with Crippen LogP contribution in [0.4, 0.5) is 10.9 Å². The second kappa shape index (κ2) is 4.99. The lowest BCUT2D eigenvalue weighted by Crippen LogP contribution is -1.93. The quantitative estimate of drug-likeness (QED) is 0.602. The van der Waals surface area contributed by atoms with Crippen molar-refractivity contribution in [2.45, 2.75) is 0 Å². The van der Waals surface area contributed by atoms with Gasteiger partial charge in [-0.15, -0.1) is 11.3 Å². The molecule has 0 saturated heterocycles. The highest BCUT2D eigenvalue weighted by Crippen LogP contribution is 2.25. The molecule has 5 nitrogen and oxygen atoms in total. The van der Waals surface area contributed by atoms with Gasteiger partial charge in [0.15, 0.2) is 5.13 Å². The standard InChI is InChI=1S/C15H11N5S/c1-2-7-16-11(3-1)12-9-21-15(18-12)20-13-5-4-10-6-8-17-14(10)19-13/h1-9H,(H2,17,18,19,20). The van der Waals surface area contributed by atoms with Gasteiger partial charge in [0, 0.05) is 23.2 Å². The van der Waals surface area contributed by atoms with Gasteiger partial charge in [0.1, 0.15) is 17.2 Å². The Morgan fingerprint density at radius 2 is 2.00 bits per heavy atom. The fourth-order valence-electron chi connectivity index (χ4n) is 2.07. The first-order valence-electron chi connectivity index (χ1n) is 6.46. The summed E-state index contributed by atoms with van der Waals surface area (Å²) in [6.07, 6.45) is 3.65. The molecule has 4 heterocycles. The van der Waals surface area contributed by atoms with E-state index in [1.165, 1.54) is 11.3 Å². The topological polar surface area (TPSA) is 66.5 Å². The number of aromatic amines is 1. The van der Waals surface area contributed by atoms with Crippen LogP contribution in [0.5, 0.6) is 0 Å². The molecule has 0 fully saturated rings. The number of hydrogen-bond acceptors (Lipinski definition) is 5. The van der Waals surface area contributed by atoms with Crippen LogP contribution in [0.2, 0.25) is 0 Å². The van der Waals surface area contributed by atoms with E-state index < -0.39 is 0 Å². The molecule has 0 saturated carbocycles. The molecule has 4 aromatic rings. The summed E-state index contributed by atoms with van der Waals surface area (Å²) in [5.41, 5.74) is 2.60. The Morgan fingerprint density at radius 1 is 1.00 bits per heavy atom. The molecule has 0 bridgehead atoms. The Balaban J connectivity index is 1.61. The molecule has 4 aromatic heterocycles.